The Kier molecular flexibility index (Phi) is 1.89. The van der Waals surface area contributed by atoms with Crippen molar-refractivity contribution in [3.05, 3.63) is 22.9 Å². The summed E-state index contributed by atoms with van der Waals surface area (Å²) >= 11 is 0.301. The van der Waals surface area contributed by atoms with Gasteiger partial charge in [0, 0.05) is 0 Å². The molecule has 2 nitrogen and oxygen atoms in total. The van der Waals surface area contributed by atoms with E-state index >= 15 is 0 Å². The average Bonchev–Trinajstić information content (AvgIpc) is 2.19. The summed E-state index contributed by atoms with van der Waals surface area (Å²) in [6, 6.07) is 1.98. The van der Waals surface area contributed by atoms with Crippen molar-refractivity contribution in [1.82, 2.24) is 3.98 Å². The molecule has 0 aliphatic carbocycles. The van der Waals surface area contributed by atoms with Crippen molar-refractivity contribution in [3.63, 3.8) is 0 Å². The minimum atomic E-state index is 0.301. The van der Waals surface area contributed by atoms with Gasteiger partial charge in [0.15, 0.2) is 0 Å². The standard InChI is InChI=1S/C5H6N2Se/c6-3-1-5-2-4-7-8-5/h1-4H,6H2/b3-1+. The second kappa shape index (κ2) is 2.70. The Bertz CT molecular complexity index is 167. The van der Waals surface area contributed by atoms with E-state index in [0.717, 1.165) is 0 Å². The molecule has 0 saturated heterocycles. The predicted molar refractivity (Wildman–Crippen MR) is 34.4 cm³/mol. The van der Waals surface area contributed by atoms with Crippen molar-refractivity contribution < 1.29 is 0 Å². The zero-order valence-corrected chi connectivity index (χ0v) is 5.96. The van der Waals surface area contributed by atoms with Crippen LogP contribution in [0, 0.1) is 0 Å². The van der Waals surface area contributed by atoms with Gasteiger partial charge in [0.05, 0.1) is 0 Å². The zero-order valence-electron chi connectivity index (χ0n) is 4.24. The Hall–Kier alpha value is -0.531. The number of rotatable bonds is 1. The molecule has 1 rings (SSSR count). The average molecular weight is 173 g/mol. The fraction of sp³-hybridized carbons (Fsp3) is 0. The van der Waals surface area contributed by atoms with E-state index in [2.05, 4.69) is 3.98 Å². The van der Waals surface area contributed by atoms with Gasteiger partial charge in [-0.2, -0.15) is 0 Å². The number of hydrogen-bond acceptors (Lipinski definition) is 2. The van der Waals surface area contributed by atoms with Gasteiger partial charge in [-0.1, -0.05) is 0 Å². The number of hydrogen-bond donors (Lipinski definition) is 1. The molecule has 0 aliphatic rings. The van der Waals surface area contributed by atoms with Crippen LogP contribution < -0.4 is 5.73 Å². The summed E-state index contributed by atoms with van der Waals surface area (Å²) in [5.41, 5.74) is 5.14. The van der Waals surface area contributed by atoms with Crippen molar-refractivity contribution in [3.8, 4) is 0 Å². The van der Waals surface area contributed by atoms with Crippen molar-refractivity contribution >= 4 is 20.8 Å². The van der Waals surface area contributed by atoms with Crippen LogP contribution in [0.3, 0.4) is 0 Å². The molecule has 0 unspecified atom stereocenters. The summed E-state index contributed by atoms with van der Waals surface area (Å²) in [5.74, 6) is 0. The van der Waals surface area contributed by atoms with Crippen LogP contribution in [0.15, 0.2) is 18.5 Å². The first-order chi connectivity index (χ1) is 3.93. The van der Waals surface area contributed by atoms with Crippen LogP contribution >= 0.6 is 0 Å². The van der Waals surface area contributed by atoms with Crippen LogP contribution in [0.1, 0.15) is 4.44 Å². The summed E-state index contributed by atoms with van der Waals surface area (Å²) in [4.78, 5) is 0. The van der Waals surface area contributed by atoms with E-state index in [1.165, 1.54) is 4.44 Å². The van der Waals surface area contributed by atoms with Gasteiger partial charge in [0.1, 0.15) is 0 Å². The molecule has 8 heavy (non-hydrogen) atoms. The molecule has 0 fully saturated rings. The molecule has 0 spiro atoms. The van der Waals surface area contributed by atoms with E-state index in [1.807, 2.05) is 18.3 Å². The topological polar surface area (TPSA) is 38.9 Å². The van der Waals surface area contributed by atoms with Gasteiger partial charge in [-0.3, -0.25) is 0 Å². The monoisotopic (exact) mass is 174 g/mol. The number of aromatic nitrogens is 1. The Morgan fingerprint density at radius 1 is 1.75 bits per heavy atom. The molecule has 0 atom stereocenters. The summed E-state index contributed by atoms with van der Waals surface area (Å²) in [6.07, 6.45) is 5.24. The van der Waals surface area contributed by atoms with Gasteiger partial charge in [-0.15, -0.1) is 0 Å². The van der Waals surface area contributed by atoms with Crippen LogP contribution in [0.25, 0.3) is 6.08 Å². The molecule has 1 heterocycles. The van der Waals surface area contributed by atoms with E-state index in [9.17, 15) is 0 Å². The summed E-state index contributed by atoms with van der Waals surface area (Å²) in [5, 5.41) is 0. The third kappa shape index (κ3) is 1.22. The molecular formula is C5H6N2Se. The third-order valence-electron chi connectivity index (χ3n) is 0.718. The van der Waals surface area contributed by atoms with Crippen LogP contribution in [-0.2, 0) is 0 Å². The maximum absolute atomic E-state index is 5.14. The maximum atomic E-state index is 5.14. The van der Waals surface area contributed by atoms with Gasteiger partial charge < -0.3 is 0 Å². The first-order valence-corrected chi connectivity index (χ1v) is 3.84. The zero-order chi connectivity index (χ0) is 5.82. The van der Waals surface area contributed by atoms with Crippen molar-refractivity contribution in [1.29, 1.82) is 0 Å². The molecule has 0 amide bonds. The van der Waals surface area contributed by atoms with Crippen LogP contribution in [0.2, 0.25) is 0 Å². The number of nitrogens with two attached hydrogens (primary N) is 1. The molecule has 3 heteroatoms. The second-order valence-corrected chi connectivity index (χ2v) is 3.09. The number of nitrogens with zero attached hydrogens (tertiary/aromatic N) is 1. The molecule has 2 N–H and O–H groups in total. The van der Waals surface area contributed by atoms with Gasteiger partial charge in [0.2, 0.25) is 0 Å². The van der Waals surface area contributed by atoms with Gasteiger partial charge >= 0.3 is 53.4 Å². The second-order valence-electron chi connectivity index (χ2n) is 1.27. The Labute approximate surface area is 54.0 Å². The molecule has 0 aliphatic heterocycles. The SMILES string of the molecule is N/C=C/c1ccn[se]1. The first-order valence-electron chi connectivity index (χ1n) is 2.22. The third-order valence-corrected chi connectivity index (χ3v) is 2.21. The van der Waals surface area contributed by atoms with E-state index < -0.39 is 0 Å². The van der Waals surface area contributed by atoms with Crippen LogP contribution in [-0.4, -0.2) is 18.7 Å². The summed E-state index contributed by atoms with van der Waals surface area (Å²) in [6.45, 7) is 0. The fourth-order valence-corrected chi connectivity index (χ4v) is 1.47. The summed E-state index contributed by atoms with van der Waals surface area (Å²) < 4.78 is 5.26. The van der Waals surface area contributed by atoms with E-state index in [1.54, 1.807) is 6.20 Å². The molecule has 1 aromatic heterocycles. The Morgan fingerprint density at radius 2 is 2.62 bits per heavy atom. The molecule has 42 valence electrons. The molecule has 0 radical (unpaired) electrons. The predicted octanol–water partition coefficient (Wildman–Crippen LogP) is 0.0680. The quantitative estimate of drug-likeness (QED) is 0.610. The van der Waals surface area contributed by atoms with Crippen LogP contribution in [0.5, 0.6) is 0 Å². The molecule has 0 bridgehead atoms. The first kappa shape index (κ1) is 5.60. The van der Waals surface area contributed by atoms with Crippen LogP contribution in [0.4, 0.5) is 0 Å². The van der Waals surface area contributed by atoms with Crippen molar-refractivity contribution in [2.24, 2.45) is 5.73 Å². The van der Waals surface area contributed by atoms with Crippen molar-refractivity contribution in [2.45, 2.75) is 0 Å². The molecular weight excluding hydrogens is 167 g/mol. The normalized spacial score (nSPS) is 10.5. The van der Waals surface area contributed by atoms with Gasteiger partial charge in [0.25, 0.3) is 0 Å². The fourth-order valence-electron chi connectivity index (χ4n) is 0.406. The molecule has 0 saturated carbocycles. The Morgan fingerprint density at radius 3 is 3.12 bits per heavy atom. The minimum absolute atomic E-state index is 0.301. The summed E-state index contributed by atoms with van der Waals surface area (Å²) in [7, 11) is 0. The Balaban J connectivity index is 2.77. The van der Waals surface area contributed by atoms with E-state index in [0.29, 0.717) is 14.7 Å². The van der Waals surface area contributed by atoms with Crippen molar-refractivity contribution in [2.75, 3.05) is 0 Å². The molecule has 0 aromatic carbocycles. The molecule has 1 aromatic rings. The van der Waals surface area contributed by atoms with Gasteiger partial charge in [-0.05, 0) is 0 Å². The van der Waals surface area contributed by atoms with E-state index in [-0.39, 0.29) is 0 Å². The van der Waals surface area contributed by atoms with Gasteiger partial charge in [-0.25, -0.2) is 0 Å². The van der Waals surface area contributed by atoms with E-state index in [4.69, 9.17) is 5.73 Å².